The molecule has 1 aromatic carbocycles. The number of para-hydroxylation sites is 1. The number of nitrogens with two attached hydrogens (primary N) is 1. The van der Waals surface area contributed by atoms with Crippen LogP contribution < -0.4 is 11.1 Å². The molecule has 3 rings (SSSR count). The zero-order valence-corrected chi connectivity index (χ0v) is 10.6. The Labute approximate surface area is 112 Å². The molecular weight excluding hydrogens is 236 g/mol. The standard InChI is InChI=1S/C15H16N4/c16-8-11-7-15(19-14(9-17)10-5-6-10)18-13-4-2-1-3-12(11)13/h1-4,7,10,14H,5-6,9,17H2,(H,18,19). The molecule has 1 heterocycles. The van der Waals surface area contributed by atoms with Gasteiger partial charge in [0.2, 0.25) is 0 Å². The highest BCUT2D eigenvalue weighted by Gasteiger charge is 2.30. The van der Waals surface area contributed by atoms with E-state index >= 15 is 0 Å². The van der Waals surface area contributed by atoms with E-state index in [-0.39, 0.29) is 6.04 Å². The number of hydrogen-bond donors (Lipinski definition) is 2. The van der Waals surface area contributed by atoms with Crippen LogP contribution in [0.4, 0.5) is 5.82 Å². The van der Waals surface area contributed by atoms with Crippen molar-refractivity contribution in [2.45, 2.75) is 18.9 Å². The number of rotatable bonds is 4. The summed E-state index contributed by atoms with van der Waals surface area (Å²) >= 11 is 0. The lowest BCUT2D eigenvalue weighted by atomic mass is 10.1. The molecule has 3 N–H and O–H groups in total. The van der Waals surface area contributed by atoms with Gasteiger partial charge >= 0.3 is 0 Å². The van der Waals surface area contributed by atoms with Crippen molar-refractivity contribution < 1.29 is 0 Å². The van der Waals surface area contributed by atoms with E-state index in [4.69, 9.17) is 5.73 Å². The third-order valence-corrected chi connectivity index (χ3v) is 3.61. The van der Waals surface area contributed by atoms with Crippen LogP contribution in [0.2, 0.25) is 0 Å². The Balaban J connectivity index is 1.97. The Morgan fingerprint density at radius 1 is 1.42 bits per heavy atom. The predicted octanol–water partition coefficient (Wildman–Crippen LogP) is 2.26. The van der Waals surface area contributed by atoms with Crippen molar-refractivity contribution in [3.8, 4) is 6.07 Å². The van der Waals surface area contributed by atoms with Gasteiger partial charge in [-0.25, -0.2) is 4.98 Å². The van der Waals surface area contributed by atoms with E-state index in [1.165, 1.54) is 12.8 Å². The number of fused-ring (bicyclic) bond motifs is 1. The zero-order valence-electron chi connectivity index (χ0n) is 10.6. The summed E-state index contributed by atoms with van der Waals surface area (Å²) in [5, 5.41) is 13.5. The lowest BCUT2D eigenvalue weighted by molar-refractivity contribution is 0.643. The molecule has 0 bridgehead atoms. The molecule has 1 fully saturated rings. The maximum absolute atomic E-state index is 9.24. The Morgan fingerprint density at radius 2 is 2.21 bits per heavy atom. The molecule has 1 aliphatic rings. The van der Waals surface area contributed by atoms with Gasteiger partial charge in [0.15, 0.2) is 0 Å². The van der Waals surface area contributed by atoms with Crippen LogP contribution in [0, 0.1) is 17.2 Å². The third kappa shape index (κ3) is 2.38. The second-order valence-corrected chi connectivity index (χ2v) is 5.01. The van der Waals surface area contributed by atoms with Crippen LogP contribution in [-0.2, 0) is 0 Å². The molecule has 1 saturated carbocycles. The van der Waals surface area contributed by atoms with Crippen LogP contribution in [-0.4, -0.2) is 17.6 Å². The molecule has 2 aromatic rings. The number of nitrogens with one attached hydrogen (secondary N) is 1. The monoisotopic (exact) mass is 252 g/mol. The van der Waals surface area contributed by atoms with Crippen molar-refractivity contribution in [3.63, 3.8) is 0 Å². The fourth-order valence-electron chi connectivity index (χ4n) is 2.40. The molecule has 0 spiro atoms. The SMILES string of the molecule is N#Cc1cc(NC(CN)C2CC2)nc2ccccc12. The quantitative estimate of drug-likeness (QED) is 0.875. The second-order valence-electron chi connectivity index (χ2n) is 5.01. The minimum absolute atomic E-state index is 0.264. The van der Waals surface area contributed by atoms with Gasteiger partial charge in [0.05, 0.1) is 17.1 Å². The summed E-state index contributed by atoms with van der Waals surface area (Å²) < 4.78 is 0. The molecule has 1 aromatic heterocycles. The van der Waals surface area contributed by atoms with Gasteiger partial charge in [-0.15, -0.1) is 0 Å². The van der Waals surface area contributed by atoms with Crippen LogP contribution >= 0.6 is 0 Å². The van der Waals surface area contributed by atoms with Crippen LogP contribution in [0.15, 0.2) is 30.3 Å². The van der Waals surface area contributed by atoms with Crippen molar-refractivity contribution in [1.82, 2.24) is 4.98 Å². The molecule has 1 aliphatic carbocycles. The zero-order chi connectivity index (χ0) is 13.2. The maximum Gasteiger partial charge on any atom is 0.128 e. The molecular formula is C15H16N4. The Bertz CT molecular complexity index is 640. The van der Waals surface area contributed by atoms with E-state index < -0.39 is 0 Å². The summed E-state index contributed by atoms with van der Waals surface area (Å²) in [6.07, 6.45) is 2.46. The predicted molar refractivity (Wildman–Crippen MR) is 75.6 cm³/mol. The van der Waals surface area contributed by atoms with Crippen molar-refractivity contribution in [2.75, 3.05) is 11.9 Å². The largest absolute Gasteiger partial charge is 0.366 e. The third-order valence-electron chi connectivity index (χ3n) is 3.61. The highest BCUT2D eigenvalue weighted by Crippen LogP contribution is 2.34. The molecule has 1 unspecified atom stereocenters. The molecule has 19 heavy (non-hydrogen) atoms. The number of anilines is 1. The van der Waals surface area contributed by atoms with Gasteiger partial charge in [0, 0.05) is 18.0 Å². The van der Waals surface area contributed by atoms with Gasteiger partial charge in [-0.3, -0.25) is 0 Å². The highest BCUT2D eigenvalue weighted by molar-refractivity contribution is 5.86. The average molecular weight is 252 g/mol. The van der Waals surface area contributed by atoms with Crippen LogP contribution in [0.25, 0.3) is 10.9 Å². The summed E-state index contributed by atoms with van der Waals surface area (Å²) in [5.74, 6) is 1.40. The van der Waals surface area contributed by atoms with Crippen LogP contribution in [0.5, 0.6) is 0 Å². The summed E-state index contributed by atoms with van der Waals surface area (Å²) in [6, 6.07) is 12.0. The Morgan fingerprint density at radius 3 is 2.89 bits per heavy atom. The normalized spacial score (nSPS) is 16.0. The highest BCUT2D eigenvalue weighted by atomic mass is 15.0. The van der Waals surface area contributed by atoms with Crippen molar-refractivity contribution in [2.24, 2.45) is 11.7 Å². The minimum atomic E-state index is 0.264. The molecule has 4 nitrogen and oxygen atoms in total. The number of hydrogen-bond acceptors (Lipinski definition) is 4. The number of pyridine rings is 1. The van der Waals surface area contributed by atoms with E-state index in [0.717, 1.165) is 16.7 Å². The minimum Gasteiger partial charge on any atom is -0.366 e. The Hall–Kier alpha value is -2.12. The second kappa shape index (κ2) is 4.87. The van der Waals surface area contributed by atoms with Gasteiger partial charge in [0.25, 0.3) is 0 Å². The van der Waals surface area contributed by atoms with Gasteiger partial charge in [-0.2, -0.15) is 5.26 Å². The molecule has 0 aliphatic heterocycles. The average Bonchev–Trinajstić information content (AvgIpc) is 3.28. The van der Waals surface area contributed by atoms with E-state index in [9.17, 15) is 5.26 Å². The van der Waals surface area contributed by atoms with Gasteiger partial charge in [-0.1, -0.05) is 18.2 Å². The van der Waals surface area contributed by atoms with Crippen LogP contribution in [0.1, 0.15) is 18.4 Å². The summed E-state index contributed by atoms with van der Waals surface area (Å²) in [6.45, 7) is 0.598. The number of nitrogens with zero attached hydrogens (tertiary/aromatic N) is 2. The number of nitriles is 1. The first-order valence-electron chi connectivity index (χ1n) is 6.58. The smallest absolute Gasteiger partial charge is 0.128 e. The van der Waals surface area contributed by atoms with Gasteiger partial charge in [0.1, 0.15) is 5.82 Å². The molecule has 0 saturated heterocycles. The molecule has 1 atom stereocenters. The van der Waals surface area contributed by atoms with Crippen molar-refractivity contribution in [3.05, 3.63) is 35.9 Å². The molecule has 0 amide bonds. The van der Waals surface area contributed by atoms with E-state index in [1.807, 2.05) is 30.3 Å². The first-order chi connectivity index (χ1) is 9.31. The lowest BCUT2D eigenvalue weighted by Crippen LogP contribution is -2.31. The van der Waals surface area contributed by atoms with E-state index in [0.29, 0.717) is 18.0 Å². The fraction of sp³-hybridized carbons (Fsp3) is 0.333. The van der Waals surface area contributed by atoms with E-state index in [1.54, 1.807) is 0 Å². The lowest BCUT2D eigenvalue weighted by Gasteiger charge is -2.17. The first-order valence-corrected chi connectivity index (χ1v) is 6.58. The van der Waals surface area contributed by atoms with Crippen molar-refractivity contribution in [1.29, 1.82) is 5.26 Å². The fourth-order valence-corrected chi connectivity index (χ4v) is 2.40. The molecule has 96 valence electrons. The Kier molecular flexibility index (Phi) is 3.06. The van der Waals surface area contributed by atoms with Gasteiger partial charge < -0.3 is 11.1 Å². The molecule has 4 heteroatoms. The van der Waals surface area contributed by atoms with Crippen molar-refractivity contribution >= 4 is 16.7 Å². The maximum atomic E-state index is 9.24. The summed E-state index contributed by atoms with van der Waals surface area (Å²) in [7, 11) is 0. The van der Waals surface area contributed by atoms with Crippen LogP contribution in [0.3, 0.4) is 0 Å². The summed E-state index contributed by atoms with van der Waals surface area (Å²) in [5.41, 5.74) is 7.29. The first kappa shape index (κ1) is 11.9. The number of aromatic nitrogens is 1. The van der Waals surface area contributed by atoms with E-state index in [2.05, 4.69) is 16.4 Å². The topological polar surface area (TPSA) is 74.7 Å². The number of benzene rings is 1. The molecule has 0 radical (unpaired) electrons. The summed E-state index contributed by atoms with van der Waals surface area (Å²) in [4.78, 5) is 4.56. The van der Waals surface area contributed by atoms with Gasteiger partial charge in [-0.05, 0) is 30.9 Å².